The lowest BCUT2D eigenvalue weighted by Gasteiger charge is -2.17. The van der Waals surface area contributed by atoms with Crippen molar-refractivity contribution in [2.75, 3.05) is 14.2 Å². The summed E-state index contributed by atoms with van der Waals surface area (Å²) in [6, 6.07) is 7.27. The van der Waals surface area contributed by atoms with E-state index in [-0.39, 0.29) is 6.54 Å². The summed E-state index contributed by atoms with van der Waals surface area (Å²) in [6.07, 6.45) is 0. The van der Waals surface area contributed by atoms with Crippen molar-refractivity contribution in [3.63, 3.8) is 0 Å². The van der Waals surface area contributed by atoms with Gasteiger partial charge in [-0.1, -0.05) is 18.2 Å². The van der Waals surface area contributed by atoms with Crippen molar-refractivity contribution in [2.24, 2.45) is 5.84 Å². The van der Waals surface area contributed by atoms with Crippen LogP contribution in [0.5, 0.6) is 5.75 Å². The Morgan fingerprint density at radius 3 is 2.65 bits per heavy atom. The molecule has 0 radical (unpaired) electrons. The average Bonchev–Trinajstić information content (AvgIpc) is 2.37. The molecule has 17 heavy (non-hydrogen) atoms. The minimum absolute atomic E-state index is 0.274. The van der Waals surface area contributed by atoms with Crippen molar-refractivity contribution in [3.8, 4) is 5.75 Å². The molecule has 6 nitrogen and oxygen atoms in total. The summed E-state index contributed by atoms with van der Waals surface area (Å²) in [6.45, 7) is 0.274. The number of ether oxygens (including phenoxy) is 1. The molecule has 0 atom stereocenters. The number of amides is 2. The number of nitrogens with zero attached hydrogens (tertiary/aromatic N) is 1. The number of hydrogen-bond acceptors (Lipinski definition) is 4. The fourth-order valence-corrected chi connectivity index (χ4v) is 1.40. The van der Waals surface area contributed by atoms with E-state index in [0.717, 1.165) is 5.56 Å². The highest BCUT2D eigenvalue weighted by Gasteiger charge is 2.18. The molecule has 0 saturated heterocycles. The highest BCUT2D eigenvalue weighted by molar-refractivity contribution is 6.34. The molecule has 6 heteroatoms. The van der Waals surface area contributed by atoms with Gasteiger partial charge in [-0.25, -0.2) is 5.84 Å². The Kier molecular flexibility index (Phi) is 4.47. The van der Waals surface area contributed by atoms with Gasteiger partial charge in [0, 0.05) is 19.2 Å². The zero-order chi connectivity index (χ0) is 12.8. The maximum atomic E-state index is 11.5. The van der Waals surface area contributed by atoms with Gasteiger partial charge in [0.15, 0.2) is 0 Å². The van der Waals surface area contributed by atoms with Crippen LogP contribution in [-0.4, -0.2) is 30.9 Å². The number of rotatable bonds is 3. The Labute approximate surface area is 99.3 Å². The van der Waals surface area contributed by atoms with Crippen molar-refractivity contribution >= 4 is 11.8 Å². The second-order valence-electron chi connectivity index (χ2n) is 3.45. The Morgan fingerprint density at radius 2 is 2.06 bits per heavy atom. The molecule has 92 valence electrons. The topological polar surface area (TPSA) is 84.7 Å². The number of hydrazine groups is 1. The van der Waals surface area contributed by atoms with Crippen LogP contribution < -0.4 is 16.0 Å². The summed E-state index contributed by atoms with van der Waals surface area (Å²) in [5.41, 5.74) is 2.61. The third-order valence-corrected chi connectivity index (χ3v) is 2.27. The quantitative estimate of drug-likeness (QED) is 0.325. The van der Waals surface area contributed by atoms with Gasteiger partial charge < -0.3 is 9.64 Å². The van der Waals surface area contributed by atoms with Crippen LogP contribution in [0.15, 0.2) is 24.3 Å². The number of para-hydroxylation sites is 1. The Hall–Kier alpha value is -2.08. The minimum Gasteiger partial charge on any atom is -0.496 e. The highest BCUT2D eigenvalue weighted by Crippen LogP contribution is 2.18. The third-order valence-electron chi connectivity index (χ3n) is 2.27. The average molecular weight is 237 g/mol. The summed E-state index contributed by atoms with van der Waals surface area (Å²) < 4.78 is 5.15. The Balaban J connectivity index is 2.77. The summed E-state index contributed by atoms with van der Waals surface area (Å²) in [5.74, 6) is 4.01. The van der Waals surface area contributed by atoms with E-state index in [4.69, 9.17) is 10.6 Å². The molecule has 3 N–H and O–H groups in total. The molecule has 1 aromatic carbocycles. The number of nitrogens with two attached hydrogens (primary N) is 1. The zero-order valence-corrected chi connectivity index (χ0v) is 9.77. The number of nitrogens with one attached hydrogen (secondary N) is 1. The van der Waals surface area contributed by atoms with Gasteiger partial charge in [0.2, 0.25) is 0 Å². The molecule has 0 bridgehead atoms. The standard InChI is InChI=1S/C11H15N3O3/c1-14(11(16)10(15)13-12)7-8-5-3-4-6-9(8)17-2/h3-6H,7,12H2,1-2H3,(H,13,15). The Morgan fingerprint density at radius 1 is 1.41 bits per heavy atom. The first-order valence-electron chi connectivity index (χ1n) is 4.98. The van der Waals surface area contributed by atoms with Crippen LogP contribution in [0.4, 0.5) is 0 Å². The van der Waals surface area contributed by atoms with Crippen LogP contribution >= 0.6 is 0 Å². The normalized spacial score (nSPS) is 9.59. The third kappa shape index (κ3) is 3.18. The molecular formula is C11H15N3O3. The lowest BCUT2D eigenvalue weighted by atomic mass is 10.2. The van der Waals surface area contributed by atoms with E-state index in [2.05, 4.69) is 0 Å². The maximum Gasteiger partial charge on any atom is 0.323 e. The number of carbonyl (C=O) groups excluding carboxylic acids is 2. The van der Waals surface area contributed by atoms with E-state index < -0.39 is 11.8 Å². The second kappa shape index (κ2) is 5.86. The summed E-state index contributed by atoms with van der Waals surface area (Å²) in [4.78, 5) is 23.8. The lowest BCUT2D eigenvalue weighted by Crippen LogP contribution is -2.43. The lowest BCUT2D eigenvalue weighted by molar-refractivity contribution is -0.145. The fraction of sp³-hybridized carbons (Fsp3) is 0.273. The van der Waals surface area contributed by atoms with Crippen LogP contribution in [0.2, 0.25) is 0 Å². The van der Waals surface area contributed by atoms with Crippen LogP contribution in [0.3, 0.4) is 0 Å². The first kappa shape index (κ1) is 13.0. The van der Waals surface area contributed by atoms with Gasteiger partial charge in [0.05, 0.1) is 7.11 Å². The van der Waals surface area contributed by atoms with Gasteiger partial charge in [-0.2, -0.15) is 0 Å². The smallest absolute Gasteiger partial charge is 0.323 e. The highest BCUT2D eigenvalue weighted by atomic mass is 16.5. The van der Waals surface area contributed by atoms with Crippen molar-refractivity contribution in [2.45, 2.75) is 6.54 Å². The molecule has 0 saturated carbocycles. The maximum absolute atomic E-state index is 11.5. The molecule has 2 amide bonds. The van der Waals surface area contributed by atoms with Crippen LogP contribution in [-0.2, 0) is 16.1 Å². The number of hydrogen-bond donors (Lipinski definition) is 2. The molecule has 0 aromatic heterocycles. The molecule has 0 aliphatic heterocycles. The van der Waals surface area contributed by atoms with Crippen molar-refractivity contribution in [1.29, 1.82) is 0 Å². The molecule has 0 heterocycles. The van der Waals surface area contributed by atoms with Gasteiger partial charge >= 0.3 is 11.8 Å². The predicted octanol–water partition coefficient (Wildman–Crippen LogP) is -0.356. The SMILES string of the molecule is COc1ccccc1CN(C)C(=O)C(=O)NN. The van der Waals surface area contributed by atoms with Gasteiger partial charge in [0.25, 0.3) is 0 Å². The monoisotopic (exact) mass is 237 g/mol. The van der Waals surface area contributed by atoms with E-state index in [0.29, 0.717) is 5.75 Å². The first-order chi connectivity index (χ1) is 8.10. The molecule has 1 rings (SSSR count). The van der Waals surface area contributed by atoms with Gasteiger partial charge in [0.1, 0.15) is 5.75 Å². The second-order valence-corrected chi connectivity index (χ2v) is 3.45. The van der Waals surface area contributed by atoms with E-state index in [9.17, 15) is 9.59 Å². The van der Waals surface area contributed by atoms with Crippen LogP contribution in [0.1, 0.15) is 5.56 Å². The van der Waals surface area contributed by atoms with Crippen LogP contribution in [0, 0.1) is 0 Å². The summed E-state index contributed by atoms with van der Waals surface area (Å²) in [5, 5.41) is 0. The molecule has 0 aliphatic carbocycles. The number of likely N-dealkylation sites (N-methyl/N-ethyl adjacent to an activating group) is 1. The zero-order valence-electron chi connectivity index (χ0n) is 9.77. The van der Waals surface area contributed by atoms with E-state index in [1.165, 1.54) is 11.9 Å². The van der Waals surface area contributed by atoms with E-state index >= 15 is 0 Å². The largest absolute Gasteiger partial charge is 0.496 e. The predicted molar refractivity (Wildman–Crippen MR) is 61.8 cm³/mol. The van der Waals surface area contributed by atoms with Gasteiger partial charge in [-0.15, -0.1) is 0 Å². The molecule has 0 unspecified atom stereocenters. The number of methoxy groups -OCH3 is 1. The molecule has 0 spiro atoms. The van der Waals surface area contributed by atoms with E-state index in [1.807, 2.05) is 18.2 Å². The molecule has 0 fully saturated rings. The van der Waals surface area contributed by atoms with E-state index in [1.54, 1.807) is 18.6 Å². The van der Waals surface area contributed by atoms with Crippen LogP contribution in [0.25, 0.3) is 0 Å². The summed E-state index contributed by atoms with van der Waals surface area (Å²) >= 11 is 0. The fourth-order valence-electron chi connectivity index (χ4n) is 1.40. The molecular weight excluding hydrogens is 222 g/mol. The first-order valence-corrected chi connectivity index (χ1v) is 4.98. The number of carbonyl (C=O) groups is 2. The molecule has 1 aromatic rings. The van der Waals surface area contributed by atoms with Crippen molar-refractivity contribution in [1.82, 2.24) is 10.3 Å². The van der Waals surface area contributed by atoms with Gasteiger partial charge in [-0.3, -0.25) is 15.0 Å². The minimum atomic E-state index is -0.845. The van der Waals surface area contributed by atoms with Crippen molar-refractivity contribution < 1.29 is 14.3 Å². The Bertz CT molecular complexity index is 420. The summed E-state index contributed by atoms with van der Waals surface area (Å²) in [7, 11) is 3.07. The van der Waals surface area contributed by atoms with Gasteiger partial charge in [-0.05, 0) is 6.07 Å². The molecule has 0 aliphatic rings. The number of benzene rings is 1. The van der Waals surface area contributed by atoms with Crippen molar-refractivity contribution in [3.05, 3.63) is 29.8 Å².